The molecule has 1 aromatic heterocycles. The van der Waals surface area contributed by atoms with Crippen molar-refractivity contribution < 1.29 is 9.53 Å². The van der Waals surface area contributed by atoms with E-state index in [0.717, 1.165) is 31.7 Å². The minimum Gasteiger partial charge on any atom is -0.444 e. The molecular formula is C16H25N3O2. The molecule has 2 heterocycles. The molecule has 1 aromatic rings. The summed E-state index contributed by atoms with van der Waals surface area (Å²) in [6.07, 6.45) is 3.50. The summed E-state index contributed by atoms with van der Waals surface area (Å²) >= 11 is 0. The summed E-state index contributed by atoms with van der Waals surface area (Å²) in [6.45, 7) is 9.42. The van der Waals surface area contributed by atoms with Gasteiger partial charge in [-0.1, -0.05) is 0 Å². The van der Waals surface area contributed by atoms with Crippen LogP contribution in [0, 0.1) is 6.92 Å². The summed E-state index contributed by atoms with van der Waals surface area (Å²) in [5.74, 6) is 0.977. The van der Waals surface area contributed by atoms with Crippen LogP contribution in [0.1, 0.15) is 39.2 Å². The molecule has 0 radical (unpaired) electrons. The second-order valence-corrected chi connectivity index (χ2v) is 6.62. The van der Waals surface area contributed by atoms with E-state index in [0.29, 0.717) is 0 Å². The molecule has 0 spiro atoms. The summed E-state index contributed by atoms with van der Waals surface area (Å²) in [5.41, 5.74) is 0.735. The van der Waals surface area contributed by atoms with E-state index < -0.39 is 5.60 Å². The summed E-state index contributed by atoms with van der Waals surface area (Å²) < 4.78 is 5.32. The number of hydrogen-bond acceptors (Lipinski definition) is 4. The Kier molecular flexibility index (Phi) is 4.70. The number of anilines is 1. The molecule has 1 atom stereocenters. The van der Waals surface area contributed by atoms with Crippen LogP contribution in [0.25, 0.3) is 0 Å². The molecule has 21 heavy (non-hydrogen) atoms. The molecule has 2 rings (SSSR count). The third-order valence-corrected chi connectivity index (χ3v) is 3.37. The highest BCUT2D eigenvalue weighted by molar-refractivity contribution is 5.68. The number of carbonyl (C=O) groups is 1. The smallest absolute Gasteiger partial charge is 0.407 e. The molecule has 0 saturated carbocycles. The lowest BCUT2D eigenvalue weighted by Gasteiger charge is -2.34. The van der Waals surface area contributed by atoms with Gasteiger partial charge in [0.15, 0.2) is 0 Å². The first-order chi connectivity index (χ1) is 9.83. The van der Waals surface area contributed by atoms with Gasteiger partial charge in [-0.25, -0.2) is 9.78 Å². The number of alkyl carbamates (subject to hydrolysis) is 1. The highest BCUT2D eigenvalue weighted by Gasteiger charge is 2.24. The average Bonchev–Trinajstić information content (AvgIpc) is 2.36. The predicted molar refractivity (Wildman–Crippen MR) is 83.6 cm³/mol. The number of aromatic nitrogens is 1. The van der Waals surface area contributed by atoms with Gasteiger partial charge in [-0.2, -0.15) is 0 Å². The number of nitrogens with zero attached hydrogens (tertiary/aromatic N) is 2. The van der Waals surface area contributed by atoms with Gasteiger partial charge in [-0.15, -0.1) is 0 Å². The Labute approximate surface area is 126 Å². The lowest BCUT2D eigenvalue weighted by Crippen LogP contribution is -2.49. The number of rotatable bonds is 2. The van der Waals surface area contributed by atoms with E-state index in [2.05, 4.69) is 28.2 Å². The molecule has 116 valence electrons. The number of hydrogen-bond donors (Lipinski definition) is 1. The van der Waals surface area contributed by atoms with Crippen LogP contribution in [0.15, 0.2) is 18.3 Å². The monoisotopic (exact) mass is 291 g/mol. The van der Waals surface area contributed by atoms with Crippen LogP contribution < -0.4 is 10.2 Å². The topological polar surface area (TPSA) is 54.5 Å². The summed E-state index contributed by atoms with van der Waals surface area (Å²) in [4.78, 5) is 18.5. The first-order valence-electron chi connectivity index (χ1n) is 7.50. The van der Waals surface area contributed by atoms with E-state index in [1.54, 1.807) is 0 Å². The molecule has 0 aliphatic carbocycles. The van der Waals surface area contributed by atoms with Gasteiger partial charge in [0.1, 0.15) is 11.4 Å². The number of pyridine rings is 1. The number of aryl methyl sites for hydroxylation is 1. The van der Waals surface area contributed by atoms with Gasteiger partial charge in [0.2, 0.25) is 0 Å². The molecule has 1 fully saturated rings. The Morgan fingerprint density at radius 2 is 2.24 bits per heavy atom. The molecule has 5 nitrogen and oxygen atoms in total. The second-order valence-electron chi connectivity index (χ2n) is 6.62. The largest absolute Gasteiger partial charge is 0.444 e. The third-order valence-electron chi connectivity index (χ3n) is 3.37. The van der Waals surface area contributed by atoms with Crippen LogP contribution in [0.2, 0.25) is 0 Å². The summed E-state index contributed by atoms with van der Waals surface area (Å²) in [6, 6.07) is 4.18. The number of carbonyl (C=O) groups excluding carboxylic acids is 1. The van der Waals surface area contributed by atoms with Gasteiger partial charge < -0.3 is 15.0 Å². The van der Waals surface area contributed by atoms with E-state index >= 15 is 0 Å². The Bertz CT molecular complexity index is 497. The summed E-state index contributed by atoms with van der Waals surface area (Å²) in [7, 11) is 0. The van der Waals surface area contributed by atoms with Gasteiger partial charge in [-0.3, -0.25) is 0 Å². The molecule has 1 amide bonds. The van der Waals surface area contributed by atoms with Crippen LogP contribution in [-0.2, 0) is 4.74 Å². The fraction of sp³-hybridized carbons (Fsp3) is 0.625. The Hall–Kier alpha value is -1.78. The Morgan fingerprint density at radius 3 is 2.90 bits per heavy atom. The highest BCUT2D eigenvalue weighted by Crippen LogP contribution is 2.19. The molecule has 0 aromatic carbocycles. The van der Waals surface area contributed by atoms with Crippen LogP contribution in [-0.4, -0.2) is 35.8 Å². The predicted octanol–water partition coefficient (Wildman–Crippen LogP) is 2.88. The standard InChI is InChI=1S/C16H25N3O2/c1-12-7-8-17-14(10-12)19-9-5-6-13(11-19)18-15(20)21-16(2,3)4/h7-8,10,13H,5-6,9,11H2,1-4H3,(H,18,20). The van der Waals surface area contributed by atoms with E-state index in [1.807, 2.05) is 33.0 Å². The van der Waals surface area contributed by atoms with E-state index in [1.165, 1.54) is 5.56 Å². The number of nitrogens with one attached hydrogen (secondary N) is 1. The van der Waals surface area contributed by atoms with Crippen molar-refractivity contribution in [3.8, 4) is 0 Å². The second kappa shape index (κ2) is 6.33. The van der Waals surface area contributed by atoms with Crippen LogP contribution in [0.3, 0.4) is 0 Å². The molecule has 1 unspecified atom stereocenters. The minimum absolute atomic E-state index is 0.107. The van der Waals surface area contributed by atoms with Crippen LogP contribution in [0.4, 0.5) is 10.6 Å². The van der Waals surface area contributed by atoms with Crippen molar-refractivity contribution >= 4 is 11.9 Å². The zero-order chi connectivity index (χ0) is 15.5. The number of ether oxygens (including phenoxy) is 1. The summed E-state index contributed by atoms with van der Waals surface area (Å²) in [5, 5.41) is 2.96. The fourth-order valence-corrected chi connectivity index (χ4v) is 2.47. The van der Waals surface area contributed by atoms with Gasteiger partial charge in [0.05, 0.1) is 0 Å². The van der Waals surface area contributed by atoms with Crippen LogP contribution in [0.5, 0.6) is 0 Å². The maximum Gasteiger partial charge on any atom is 0.407 e. The third kappa shape index (κ3) is 4.92. The van der Waals surface area contributed by atoms with Gasteiger partial charge >= 0.3 is 6.09 Å². The Morgan fingerprint density at radius 1 is 1.48 bits per heavy atom. The molecular weight excluding hydrogens is 266 g/mol. The van der Waals surface area contributed by atoms with Gasteiger partial charge in [0.25, 0.3) is 0 Å². The average molecular weight is 291 g/mol. The van der Waals surface area contributed by atoms with Crippen molar-refractivity contribution in [3.05, 3.63) is 23.9 Å². The van der Waals surface area contributed by atoms with Crippen molar-refractivity contribution in [2.75, 3.05) is 18.0 Å². The fourth-order valence-electron chi connectivity index (χ4n) is 2.47. The molecule has 1 aliphatic heterocycles. The number of amides is 1. The zero-order valence-electron chi connectivity index (χ0n) is 13.3. The lowest BCUT2D eigenvalue weighted by atomic mass is 10.1. The van der Waals surface area contributed by atoms with Crippen molar-refractivity contribution in [2.24, 2.45) is 0 Å². The van der Waals surface area contributed by atoms with Crippen molar-refractivity contribution in [1.82, 2.24) is 10.3 Å². The molecule has 1 N–H and O–H groups in total. The van der Waals surface area contributed by atoms with E-state index in [9.17, 15) is 4.79 Å². The van der Waals surface area contributed by atoms with Crippen molar-refractivity contribution in [1.29, 1.82) is 0 Å². The van der Waals surface area contributed by atoms with Crippen molar-refractivity contribution in [3.63, 3.8) is 0 Å². The molecule has 0 bridgehead atoms. The normalized spacial score (nSPS) is 19.2. The molecule has 1 saturated heterocycles. The first-order valence-corrected chi connectivity index (χ1v) is 7.50. The highest BCUT2D eigenvalue weighted by atomic mass is 16.6. The molecule has 5 heteroatoms. The van der Waals surface area contributed by atoms with Gasteiger partial charge in [0, 0.05) is 25.3 Å². The number of piperidine rings is 1. The molecule has 1 aliphatic rings. The van der Waals surface area contributed by atoms with Gasteiger partial charge in [-0.05, 0) is 58.2 Å². The maximum absolute atomic E-state index is 11.9. The van der Waals surface area contributed by atoms with E-state index in [4.69, 9.17) is 4.74 Å². The quantitative estimate of drug-likeness (QED) is 0.910. The minimum atomic E-state index is -0.462. The Balaban J connectivity index is 1.93. The van der Waals surface area contributed by atoms with E-state index in [-0.39, 0.29) is 12.1 Å². The van der Waals surface area contributed by atoms with Crippen molar-refractivity contribution in [2.45, 2.75) is 52.2 Å². The SMILES string of the molecule is Cc1ccnc(N2CCCC(NC(=O)OC(C)(C)C)C2)c1. The first kappa shape index (κ1) is 15.6. The maximum atomic E-state index is 11.9. The van der Waals surface area contributed by atoms with Crippen LogP contribution >= 0.6 is 0 Å². The lowest BCUT2D eigenvalue weighted by molar-refractivity contribution is 0.0500. The zero-order valence-corrected chi connectivity index (χ0v) is 13.3.